The number of benzene rings is 2. The number of amides is 1. The van der Waals surface area contributed by atoms with Gasteiger partial charge >= 0.3 is 0 Å². The van der Waals surface area contributed by atoms with E-state index in [1.807, 2.05) is 46.1 Å². The molecule has 2 aromatic carbocycles. The number of fused-ring (bicyclic) bond motifs is 1. The van der Waals surface area contributed by atoms with Gasteiger partial charge in [0.05, 0.1) is 23.9 Å². The van der Waals surface area contributed by atoms with Crippen molar-refractivity contribution >= 4 is 44.4 Å². The molecule has 6 nitrogen and oxygen atoms in total. The molecule has 2 aromatic heterocycles. The van der Waals surface area contributed by atoms with Crippen molar-refractivity contribution in [3.05, 3.63) is 66.0 Å². The maximum absolute atomic E-state index is 13.3. The zero-order valence-corrected chi connectivity index (χ0v) is 20.8. The number of aryl methyl sites for hydroxylation is 2. The SMILES string of the molecule is COc1ccc(SCCCC(=O)N(CCn2cccn2)c2nc3c(C)cc(C)cc3s2)cc1. The van der Waals surface area contributed by atoms with Crippen molar-refractivity contribution in [3.63, 3.8) is 0 Å². The quantitative estimate of drug-likeness (QED) is 0.214. The Morgan fingerprint density at radius 1 is 1.21 bits per heavy atom. The largest absolute Gasteiger partial charge is 0.497 e. The maximum atomic E-state index is 13.3. The minimum absolute atomic E-state index is 0.103. The van der Waals surface area contributed by atoms with Crippen LogP contribution < -0.4 is 9.64 Å². The lowest BCUT2D eigenvalue weighted by Gasteiger charge is -2.20. The number of nitrogens with zero attached hydrogens (tertiary/aromatic N) is 4. The summed E-state index contributed by atoms with van der Waals surface area (Å²) in [6.45, 7) is 5.34. The van der Waals surface area contributed by atoms with Crippen molar-refractivity contribution in [1.82, 2.24) is 14.8 Å². The van der Waals surface area contributed by atoms with Gasteiger partial charge in [0.1, 0.15) is 5.75 Å². The number of anilines is 1. The van der Waals surface area contributed by atoms with Gasteiger partial charge in [0.2, 0.25) is 5.91 Å². The normalized spacial score (nSPS) is 11.1. The molecule has 0 N–H and O–H groups in total. The van der Waals surface area contributed by atoms with Crippen LogP contribution in [0.15, 0.2) is 59.8 Å². The highest BCUT2D eigenvalue weighted by Gasteiger charge is 2.20. The zero-order valence-electron chi connectivity index (χ0n) is 19.2. The molecule has 0 fully saturated rings. The number of thioether (sulfide) groups is 1. The second-order valence-corrected chi connectivity index (χ2v) is 10.0. The van der Waals surface area contributed by atoms with Crippen molar-refractivity contribution in [2.75, 3.05) is 24.3 Å². The van der Waals surface area contributed by atoms with Gasteiger partial charge in [-0.3, -0.25) is 14.4 Å². The Morgan fingerprint density at radius 2 is 2.03 bits per heavy atom. The van der Waals surface area contributed by atoms with Crippen LogP contribution in [-0.4, -0.2) is 40.1 Å². The van der Waals surface area contributed by atoms with Gasteiger partial charge in [-0.25, -0.2) is 4.98 Å². The van der Waals surface area contributed by atoms with E-state index in [2.05, 4.69) is 31.1 Å². The predicted octanol–water partition coefficient (Wildman–Crippen LogP) is 5.72. The number of aromatic nitrogens is 3. The van der Waals surface area contributed by atoms with Gasteiger partial charge in [0.15, 0.2) is 5.13 Å². The van der Waals surface area contributed by atoms with E-state index in [0.29, 0.717) is 19.5 Å². The third-order valence-electron chi connectivity index (χ3n) is 5.33. The van der Waals surface area contributed by atoms with Crippen LogP contribution in [0.4, 0.5) is 5.13 Å². The Morgan fingerprint density at radius 3 is 2.76 bits per heavy atom. The number of hydrogen-bond donors (Lipinski definition) is 0. The van der Waals surface area contributed by atoms with Crippen LogP contribution in [-0.2, 0) is 11.3 Å². The van der Waals surface area contributed by atoms with Crippen LogP contribution in [0.25, 0.3) is 10.2 Å². The van der Waals surface area contributed by atoms with E-state index in [-0.39, 0.29) is 5.91 Å². The van der Waals surface area contributed by atoms with Gasteiger partial charge in [-0.05, 0) is 73.5 Å². The van der Waals surface area contributed by atoms with Gasteiger partial charge in [-0.15, -0.1) is 11.8 Å². The molecule has 0 aliphatic carbocycles. The highest BCUT2D eigenvalue weighted by atomic mass is 32.2. The monoisotopic (exact) mass is 480 g/mol. The number of ether oxygens (including phenoxy) is 1. The van der Waals surface area contributed by atoms with Crippen molar-refractivity contribution in [3.8, 4) is 5.75 Å². The molecule has 0 radical (unpaired) electrons. The first kappa shape index (κ1) is 23.3. The molecule has 1 amide bonds. The highest BCUT2D eigenvalue weighted by Crippen LogP contribution is 2.32. The molecular weight excluding hydrogens is 452 g/mol. The van der Waals surface area contributed by atoms with Gasteiger partial charge in [-0.2, -0.15) is 5.10 Å². The van der Waals surface area contributed by atoms with E-state index in [4.69, 9.17) is 9.72 Å². The fourth-order valence-electron chi connectivity index (χ4n) is 3.66. The molecule has 0 unspecified atom stereocenters. The van der Waals surface area contributed by atoms with Crippen LogP contribution >= 0.6 is 23.1 Å². The molecule has 4 aromatic rings. The molecule has 33 heavy (non-hydrogen) atoms. The van der Waals surface area contributed by atoms with Gasteiger partial charge in [0.25, 0.3) is 0 Å². The van der Waals surface area contributed by atoms with E-state index < -0.39 is 0 Å². The fourth-order valence-corrected chi connectivity index (χ4v) is 5.69. The number of methoxy groups -OCH3 is 1. The highest BCUT2D eigenvalue weighted by molar-refractivity contribution is 7.99. The lowest BCUT2D eigenvalue weighted by Crippen LogP contribution is -2.34. The van der Waals surface area contributed by atoms with Crippen LogP contribution in [0.5, 0.6) is 5.75 Å². The predicted molar refractivity (Wildman–Crippen MR) is 137 cm³/mol. The molecule has 0 spiro atoms. The Bertz CT molecular complexity index is 1200. The summed E-state index contributed by atoms with van der Waals surface area (Å²) in [7, 11) is 1.67. The smallest absolute Gasteiger partial charge is 0.228 e. The fraction of sp³-hybridized carbons (Fsp3) is 0.320. The van der Waals surface area contributed by atoms with Crippen LogP contribution in [0.3, 0.4) is 0 Å². The standard InChI is InChI=1S/C25H28N4O2S2/c1-18-16-19(2)24-22(17-18)33-25(27-24)29(14-13-28-12-5-11-26-28)23(30)6-4-15-32-21-9-7-20(31-3)8-10-21/h5,7-12,16-17H,4,6,13-15H2,1-3H3. The minimum atomic E-state index is 0.103. The number of hydrogen-bond acceptors (Lipinski definition) is 6. The summed E-state index contributed by atoms with van der Waals surface area (Å²) in [6.07, 6.45) is 4.96. The molecule has 0 bridgehead atoms. The Labute approximate surface area is 202 Å². The summed E-state index contributed by atoms with van der Waals surface area (Å²) in [5.74, 6) is 1.83. The molecule has 0 saturated heterocycles. The lowest BCUT2D eigenvalue weighted by atomic mass is 10.1. The first-order valence-corrected chi connectivity index (χ1v) is 12.8. The number of rotatable bonds is 10. The maximum Gasteiger partial charge on any atom is 0.228 e. The minimum Gasteiger partial charge on any atom is -0.497 e. The number of carbonyl (C=O) groups excluding carboxylic acids is 1. The van der Waals surface area contributed by atoms with E-state index in [0.717, 1.165) is 38.8 Å². The van der Waals surface area contributed by atoms with E-state index in [9.17, 15) is 4.79 Å². The average Bonchev–Trinajstić information content (AvgIpc) is 3.47. The molecule has 0 atom stereocenters. The summed E-state index contributed by atoms with van der Waals surface area (Å²) in [4.78, 5) is 21.1. The van der Waals surface area contributed by atoms with Crippen LogP contribution in [0.2, 0.25) is 0 Å². The molecule has 2 heterocycles. The van der Waals surface area contributed by atoms with E-state index in [1.54, 1.807) is 36.4 Å². The van der Waals surface area contributed by atoms with Crippen molar-refractivity contribution in [1.29, 1.82) is 0 Å². The van der Waals surface area contributed by atoms with Gasteiger partial charge in [0, 0.05) is 30.3 Å². The number of carbonyl (C=O) groups is 1. The topological polar surface area (TPSA) is 60.2 Å². The summed E-state index contributed by atoms with van der Waals surface area (Å²) >= 11 is 3.34. The van der Waals surface area contributed by atoms with Gasteiger partial charge < -0.3 is 4.74 Å². The summed E-state index contributed by atoms with van der Waals surface area (Å²) in [5.41, 5.74) is 3.33. The summed E-state index contributed by atoms with van der Waals surface area (Å²) in [5, 5.41) is 5.04. The van der Waals surface area contributed by atoms with E-state index in [1.165, 1.54) is 10.5 Å². The first-order chi connectivity index (χ1) is 16.0. The van der Waals surface area contributed by atoms with Gasteiger partial charge in [-0.1, -0.05) is 17.4 Å². The second-order valence-electron chi connectivity index (χ2n) is 7.87. The van der Waals surface area contributed by atoms with Crippen molar-refractivity contribution in [2.45, 2.75) is 38.1 Å². The van der Waals surface area contributed by atoms with Crippen LogP contribution in [0.1, 0.15) is 24.0 Å². The number of thiazole rings is 1. The third-order valence-corrected chi connectivity index (χ3v) is 7.45. The lowest BCUT2D eigenvalue weighted by molar-refractivity contribution is -0.118. The Balaban J connectivity index is 1.43. The molecular formula is C25H28N4O2S2. The van der Waals surface area contributed by atoms with Crippen molar-refractivity contribution in [2.24, 2.45) is 0 Å². The van der Waals surface area contributed by atoms with E-state index >= 15 is 0 Å². The van der Waals surface area contributed by atoms with Crippen molar-refractivity contribution < 1.29 is 9.53 Å². The summed E-state index contributed by atoms with van der Waals surface area (Å²) in [6, 6.07) is 14.2. The third kappa shape index (κ3) is 5.94. The second kappa shape index (κ2) is 10.9. The zero-order chi connectivity index (χ0) is 23.2. The molecule has 0 saturated carbocycles. The Kier molecular flexibility index (Phi) is 7.67. The first-order valence-electron chi connectivity index (χ1n) is 11.0. The average molecular weight is 481 g/mol. The molecule has 0 aliphatic heterocycles. The Hall–Kier alpha value is -2.84. The van der Waals surface area contributed by atoms with Crippen LogP contribution in [0, 0.1) is 13.8 Å². The molecule has 172 valence electrons. The molecule has 4 rings (SSSR count). The molecule has 8 heteroatoms. The molecule has 0 aliphatic rings. The summed E-state index contributed by atoms with van der Waals surface area (Å²) < 4.78 is 8.18.